The van der Waals surface area contributed by atoms with Gasteiger partial charge in [-0.1, -0.05) is 38.5 Å². The van der Waals surface area contributed by atoms with Crippen molar-refractivity contribution in [2.45, 2.75) is 52.5 Å². The molecule has 218 valence electrons. The second-order valence-electron chi connectivity index (χ2n) is 11.3. The van der Waals surface area contributed by atoms with Crippen molar-refractivity contribution in [2.75, 3.05) is 23.3 Å². The van der Waals surface area contributed by atoms with Crippen LogP contribution in [0.3, 0.4) is 0 Å². The van der Waals surface area contributed by atoms with Crippen molar-refractivity contribution < 1.29 is 18.7 Å². The first-order valence-corrected chi connectivity index (χ1v) is 13.8. The molecule has 0 atom stereocenters. The molecule has 10 nitrogen and oxygen atoms in total. The van der Waals surface area contributed by atoms with Gasteiger partial charge in [-0.2, -0.15) is 10.1 Å². The topological polar surface area (TPSA) is 114 Å². The third kappa shape index (κ3) is 6.91. The lowest BCUT2D eigenvalue weighted by Gasteiger charge is -2.26. The lowest BCUT2D eigenvalue weighted by molar-refractivity contribution is -0.119. The van der Waals surface area contributed by atoms with Crippen molar-refractivity contribution in [3.63, 3.8) is 0 Å². The molecule has 2 aromatic carbocycles. The molecule has 11 heteroatoms. The van der Waals surface area contributed by atoms with Gasteiger partial charge in [-0.3, -0.25) is 10.1 Å². The summed E-state index contributed by atoms with van der Waals surface area (Å²) >= 11 is 0. The Kier molecular flexibility index (Phi) is 8.19. The van der Waals surface area contributed by atoms with E-state index in [2.05, 4.69) is 41.4 Å². The average Bonchev–Trinajstić information content (AvgIpc) is 3.38. The fraction of sp³-hybridized carbons (Fsp3) is 0.323. The van der Waals surface area contributed by atoms with Crippen molar-refractivity contribution in [1.82, 2.24) is 25.1 Å². The van der Waals surface area contributed by atoms with Crippen LogP contribution in [0.15, 0.2) is 60.8 Å². The quantitative estimate of drug-likeness (QED) is 0.293. The standard InChI is InChI=1S/C31H34FN7O3/c1-20-5-8-23(9-6-20)39-27(18-26(37-39)31(2,3)4)35-30(41)34-19-21-17-22(32)7-10-25(21)42-28-11-14-33-29(36-28)38-15-12-24(40)13-16-38/h5-11,14,17-18H,12-13,15-16,19H2,1-4H3,(H2,34,35,41). The number of ketones is 1. The number of hydrogen-bond donors (Lipinski definition) is 2. The Labute approximate surface area is 243 Å². The van der Waals surface area contributed by atoms with Gasteiger partial charge in [0.05, 0.1) is 11.4 Å². The van der Waals surface area contributed by atoms with E-state index in [1.165, 1.54) is 18.2 Å². The molecule has 0 aliphatic carbocycles. The summed E-state index contributed by atoms with van der Waals surface area (Å²) < 4.78 is 21.9. The number of nitrogens with one attached hydrogen (secondary N) is 2. The van der Waals surface area contributed by atoms with Crippen LogP contribution < -0.4 is 20.3 Å². The number of benzene rings is 2. The molecule has 2 N–H and O–H groups in total. The number of aryl methyl sites for hydroxylation is 1. The third-order valence-electron chi connectivity index (χ3n) is 6.90. The molecular weight excluding hydrogens is 537 g/mol. The van der Waals surface area contributed by atoms with E-state index in [9.17, 15) is 14.0 Å². The molecule has 0 bridgehead atoms. The van der Waals surface area contributed by atoms with E-state index in [4.69, 9.17) is 9.84 Å². The zero-order valence-corrected chi connectivity index (χ0v) is 24.1. The molecule has 1 aliphatic rings. The number of aromatic nitrogens is 4. The molecule has 0 unspecified atom stereocenters. The molecular formula is C31H34FN7O3. The molecule has 2 amide bonds. The van der Waals surface area contributed by atoms with E-state index < -0.39 is 11.8 Å². The second-order valence-corrected chi connectivity index (χ2v) is 11.3. The fourth-order valence-corrected chi connectivity index (χ4v) is 4.45. The Morgan fingerprint density at radius 3 is 2.50 bits per heavy atom. The first-order chi connectivity index (χ1) is 20.0. The Morgan fingerprint density at radius 2 is 1.79 bits per heavy atom. The van der Waals surface area contributed by atoms with Crippen LogP contribution in [0.25, 0.3) is 5.69 Å². The number of Topliss-reactive ketones (excluding diaryl/α,β-unsaturated/α-hetero) is 1. The second kappa shape index (κ2) is 12.0. The number of amides is 2. The summed E-state index contributed by atoms with van der Waals surface area (Å²) in [4.78, 5) is 35.3. The van der Waals surface area contributed by atoms with Crippen molar-refractivity contribution in [3.8, 4) is 17.3 Å². The van der Waals surface area contributed by atoms with Gasteiger partial charge >= 0.3 is 6.03 Å². The van der Waals surface area contributed by atoms with E-state index in [0.29, 0.717) is 49.0 Å². The minimum Gasteiger partial charge on any atom is -0.439 e. The van der Waals surface area contributed by atoms with Crippen molar-refractivity contribution in [3.05, 3.63) is 83.4 Å². The van der Waals surface area contributed by atoms with Crippen LogP contribution in [0.5, 0.6) is 11.6 Å². The van der Waals surface area contributed by atoms with Crippen LogP contribution in [0.2, 0.25) is 0 Å². The lowest BCUT2D eigenvalue weighted by atomic mass is 9.92. The Morgan fingerprint density at radius 1 is 1.05 bits per heavy atom. The number of piperidine rings is 1. The van der Waals surface area contributed by atoms with E-state index in [1.54, 1.807) is 16.9 Å². The average molecular weight is 572 g/mol. The monoisotopic (exact) mass is 571 g/mol. The summed E-state index contributed by atoms with van der Waals surface area (Å²) in [7, 11) is 0. The van der Waals surface area contributed by atoms with Gasteiger partial charge in [0.15, 0.2) is 0 Å². The number of carbonyl (C=O) groups is 2. The number of urea groups is 1. The molecule has 3 heterocycles. The maximum absolute atomic E-state index is 14.2. The molecule has 0 radical (unpaired) electrons. The largest absolute Gasteiger partial charge is 0.439 e. The summed E-state index contributed by atoms with van der Waals surface area (Å²) in [6.45, 7) is 9.25. The van der Waals surface area contributed by atoms with Crippen molar-refractivity contribution in [1.29, 1.82) is 0 Å². The molecule has 5 rings (SSSR count). The highest BCUT2D eigenvalue weighted by Crippen LogP contribution is 2.28. The molecule has 2 aromatic heterocycles. The van der Waals surface area contributed by atoms with Gasteiger partial charge in [0, 0.05) is 61.8 Å². The van der Waals surface area contributed by atoms with E-state index in [-0.39, 0.29) is 23.6 Å². The van der Waals surface area contributed by atoms with Gasteiger partial charge in [-0.25, -0.2) is 18.9 Å². The molecule has 1 saturated heterocycles. The highest BCUT2D eigenvalue weighted by atomic mass is 19.1. The molecule has 1 aliphatic heterocycles. The normalized spacial score (nSPS) is 13.6. The van der Waals surface area contributed by atoms with Gasteiger partial charge in [-0.15, -0.1) is 0 Å². The summed E-state index contributed by atoms with van der Waals surface area (Å²) in [5.74, 6) is 1.33. The summed E-state index contributed by atoms with van der Waals surface area (Å²) in [6.07, 6.45) is 2.48. The minimum atomic E-state index is -0.483. The van der Waals surface area contributed by atoms with E-state index in [0.717, 1.165) is 16.9 Å². The minimum absolute atomic E-state index is 0.00407. The zero-order valence-electron chi connectivity index (χ0n) is 24.1. The maximum Gasteiger partial charge on any atom is 0.320 e. The smallest absolute Gasteiger partial charge is 0.320 e. The number of rotatable bonds is 7. The molecule has 0 spiro atoms. The van der Waals surface area contributed by atoms with Gasteiger partial charge in [0.1, 0.15) is 23.2 Å². The van der Waals surface area contributed by atoms with E-state index >= 15 is 0 Å². The van der Waals surface area contributed by atoms with Crippen LogP contribution >= 0.6 is 0 Å². The number of ether oxygens (including phenoxy) is 1. The molecule has 0 saturated carbocycles. The number of anilines is 2. The molecule has 1 fully saturated rings. The summed E-state index contributed by atoms with van der Waals surface area (Å²) in [5, 5.41) is 10.4. The Balaban J connectivity index is 1.30. The number of nitrogens with zero attached hydrogens (tertiary/aromatic N) is 5. The molecule has 4 aromatic rings. The zero-order chi connectivity index (χ0) is 29.9. The maximum atomic E-state index is 14.2. The van der Waals surface area contributed by atoms with Crippen molar-refractivity contribution in [2.24, 2.45) is 0 Å². The highest BCUT2D eigenvalue weighted by molar-refractivity contribution is 5.88. The number of halogens is 1. The Hall–Kier alpha value is -4.80. The van der Waals surface area contributed by atoms with Crippen LogP contribution in [0.1, 0.15) is 50.4 Å². The first kappa shape index (κ1) is 28.7. The predicted octanol–water partition coefficient (Wildman–Crippen LogP) is 5.69. The predicted molar refractivity (Wildman–Crippen MR) is 158 cm³/mol. The van der Waals surface area contributed by atoms with E-state index in [1.807, 2.05) is 42.2 Å². The van der Waals surface area contributed by atoms with Gasteiger partial charge < -0.3 is 15.0 Å². The molecule has 42 heavy (non-hydrogen) atoms. The van der Waals surface area contributed by atoms with Crippen molar-refractivity contribution >= 4 is 23.6 Å². The fourth-order valence-electron chi connectivity index (χ4n) is 4.45. The highest BCUT2D eigenvalue weighted by Gasteiger charge is 2.22. The summed E-state index contributed by atoms with van der Waals surface area (Å²) in [6, 6.07) is 14.9. The van der Waals surface area contributed by atoms with Gasteiger partial charge in [-0.05, 0) is 37.3 Å². The SMILES string of the molecule is Cc1ccc(-n2nc(C(C)(C)C)cc2NC(=O)NCc2cc(F)ccc2Oc2ccnc(N3CCC(=O)CC3)n2)cc1. The summed E-state index contributed by atoms with van der Waals surface area (Å²) in [5.41, 5.74) is 2.94. The lowest BCUT2D eigenvalue weighted by Crippen LogP contribution is -2.34. The number of carbonyl (C=O) groups excluding carboxylic acids is 2. The number of hydrogen-bond acceptors (Lipinski definition) is 7. The Bertz CT molecular complexity index is 1590. The van der Waals surface area contributed by atoms with Crippen LogP contribution in [-0.2, 0) is 16.8 Å². The van der Waals surface area contributed by atoms with Crippen LogP contribution in [0, 0.1) is 12.7 Å². The third-order valence-corrected chi connectivity index (χ3v) is 6.90. The van der Waals surface area contributed by atoms with Crippen LogP contribution in [-0.4, -0.2) is 44.7 Å². The van der Waals surface area contributed by atoms with Gasteiger partial charge in [0.2, 0.25) is 11.8 Å². The first-order valence-electron chi connectivity index (χ1n) is 13.8. The van der Waals surface area contributed by atoms with Crippen LogP contribution in [0.4, 0.5) is 21.0 Å². The van der Waals surface area contributed by atoms with Gasteiger partial charge in [0.25, 0.3) is 0 Å².